The molecule has 12 aromatic heterocycles. The van der Waals surface area contributed by atoms with Crippen LogP contribution in [0.25, 0.3) is 42.8 Å². The predicted molar refractivity (Wildman–Crippen MR) is 424 cm³/mol. The van der Waals surface area contributed by atoms with Gasteiger partial charge in [-0.2, -0.15) is 30.9 Å². The Labute approximate surface area is 647 Å². The molecule has 106 heavy (non-hydrogen) atoms. The number of nitrogens with zero attached hydrogens (tertiary/aromatic N) is 14. The number of H-pyrrole nitrogens is 4. The van der Waals surface area contributed by atoms with Gasteiger partial charge in [-0.25, -0.2) is 67.0 Å². The van der Waals surface area contributed by atoms with Crippen LogP contribution in [0.2, 0.25) is 15.1 Å². The van der Waals surface area contributed by atoms with E-state index in [-0.39, 0.29) is 19.5 Å². The van der Waals surface area contributed by atoms with Crippen LogP contribution in [-0.4, -0.2) is 97.5 Å². The van der Waals surface area contributed by atoms with Gasteiger partial charge in [0.05, 0.1) is 66.6 Å². The van der Waals surface area contributed by atoms with Crippen molar-refractivity contribution < 1.29 is 22.5 Å². The summed E-state index contributed by atoms with van der Waals surface area (Å²) in [4.78, 5) is 39.9. The molecule has 0 atom stereocenters. The Hall–Kier alpha value is -9.61. The van der Waals surface area contributed by atoms with Crippen molar-refractivity contribution in [2.24, 2.45) is 10.3 Å². The fraction of sp³-hybridized carbons (Fsp3) is 0.304. The Bertz CT molecular complexity index is 5580. The number of nitriles is 2. The smallest absolute Gasteiger partial charge is 0.247 e. The van der Waals surface area contributed by atoms with Gasteiger partial charge in [-0.3, -0.25) is 20.4 Å². The molecule has 0 saturated heterocycles. The summed E-state index contributed by atoms with van der Waals surface area (Å²) in [6.45, 7) is 13.8. The highest BCUT2D eigenvalue weighted by atomic mass is 35.5. The topological polar surface area (TPSA) is 434 Å². The minimum Gasteiger partial charge on any atom is -0.322 e. The van der Waals surface area contributed by atoms with Crippen LogP contribution in [0.4, 0.5) is 46.5 Å². The molecular formula is C69H77Cl3N24O4S6. The predicted octanol–water partition coefficient (Wildman–Crippen LogP) is 17.2. The van der Waals surface area contributed by atoms with Crippen molar-refractivity contribution in [3.8, 4) is 67.3 Å². The Morgan fingerprint density at radius 1 is 0.481 bits per heavy atom. The van der Waals surface area contributed by atoms with E-state index in [0.29, 0.717) is 118 Å². The average molecular weight is 1610 g/mol. The zero-order valence-electron chi connectivity index (χ0n) is 57.8. The monoisotopic (exact) mass is 1600 g/mol. The fourth-order valence-corrected chi connectivity index (χ4v) is 16.2. The third-order valence-corrected chi connectivity index (χ3v) is 25.5. The molecule has 0 radical (unpaired) electrons. The summed E-state index contributed by atoms with van der Waals surface area (Å²) >= 11 is 23.7. The van der Waals surface area contributed by atoms with E-state index in [4.69, 9.17) is 51.5 Å². The molecule has 12 N–H and O–H groups in total. The van der Waals surface area contributed by atoms with Gasteiger partial charge >= 0.3 is 0 Å². The van der Waals surface area contributed by atoms with Crippen molar-refractivity contribution in [3.05, 3.63) is 151 Å². The average Bonchev–Trinajstić information content (AvgIpc) is 1.64. The highest BCUT2D eigenvalue weighted by molar-refractivity contribution is 7.91. The maximum atomic E-state index is 11.5. The summed E-state index contributed by atoms with van der Waals surface area (Å²) in [5, 5.41) is 71.8. The van der Waals surface area contributed by atoms with Crippen molar-refractivity contribution in [2.45, 2.75) is 142 Å². The molecule has 3 aliphatic rings. The summed E-state index contributed by atoms with van der Waals surface area (Å²) in [7, 11) is -7.52. The Kier molecular flexibility index (Phi) is 22.6. The van der Waals surface area contributed by atoms with Crippen LogP contribution < -0.4 is 31.5 Å². The van der Waals surface area contributed by atoms with Crippen LogP contribution in [0, 0.1) is 35.0 Å². The number of aromatic nitrogens is 16. The van der Waals surface area contributed by atoms with Crippen LogP contribution in [0.1, 0.15) is 161 Å². The van der Waals surface area contributed by atoms with Gasteiger partial charge < -0.3 is 21.3 Å². The molecule has 28 nitrogen and oxygen atoms in total. The maximum Gasteiger partial charge on any atom is 0.247 e. The second-order valence-electron chi connectivity index (χ2n) is 27.0. The normalized spacial score (nSPS) is 13.9. The van der Waals surface area contributed by atoms with Gasteiger partial charge in [0.2, 0.25) is 20.0 Å². The summed E-state index contributed by atoms with van der Waals surface area (Å²) in [6, 6.07) is 26.3. The lowest BCUT2D eigenvalue weighted by Gasteiger charge is -2.14. The van der Waals surface area contributed by atoms with Crippen molar-refractivity contribution in [2.75, 3.05) is 21.3 Å². The Morgan fingerprint density at radius 2 is 0.811 bits per heavy atom. The molecule has 3 fully saturated rings. The second-order valence-corrected chi connectivity index (χ2v) is 36.1. The quantitative estimate of drug-likeness (QED) is 0.0336. The lowest BCUT2D eigenvalue weighted by Crippen LogP contribution is -2.11. The van der Waals surface area contributed by atoms with Crippen molar-refractivity contribution >= 4 is 147 Å². The van der Waals surface area contributed by atoms with Crippen molar-refractivity contribution in [1.29, 1.82) is 10.5 Å². The molecule has 0 amide bonds. The van der Waals surface area contributed by atoms with Gasteiger partial charge in [0.25, 0.3) is 0 Å². The van der Waals surface area contributed by atoms with Crippen LogP contribution >= 0.6 is 80.1 Å². The highest BCUT2D eigenvalue weighted by Gasteiger charge is 2.30. The molecular weight excluding hydrogens is 1530 g/mol. The van der Waals surface area contributed by atoms with Gasteiger partial charge in [0, 0.05) is 91.9 Å². The SMILES string of the molecule is C#Cc1cnc(-c2ccc(C(C)(C)C#N)s2)nc1Nc1cc(C2CC2)[nH]n1.CC(C)(C#N)c1ccc(-c2ncc(Cl)c(Nc3cc(C4CC4)[nH]n3)n2)s1.CC(C)(C)c1cc(Nc2nc(-c3ccc(S(N)(=O)=O)s3)ncc2Cl)n[nH]1.NS(=O)(=O)c1ccc(-c2ncc(Cl)c(Nc3cc(C4CCCC4)[nH]n3)n2)s1.[HH].[HH].[HH].[HH]. The van der Waals surface area contributed by atoms with E-state index in [0.717, 1.165) is 65.0 Å². The molecule has 15 rings (SSSR count). The Morgan fingerprint density at radius 3 is 1.15 bits per heavy atom. The second kappa shape index (κ2) is 31.4. The number of sulfonamides is 2. The van der Waals surface area contributed by atoms with Gasteiger partial charge in [-0.15, -0.1) is 51.8 Å². The van der Waals surface area contributed by atoms with E-state index in [1.807, 2.05) is 76.2 Å². The van der Waals surface area contributed by atoms with Crippen molar-refractivity contribution in [1.82, 2.24) is 80.7 Å². The number of primary sulfonamides is 2. The molecule has 0 bridgehead atoms. The number of nitrogens with two attached hydrogens (primary N) is 2. The largest absolute Gasteiger partial charge is 0.322 e. The van der Waals surface area contributed by atoms with E-state index < -0.39 is 30.9 Å². The van der Waals surface area contributed by atoms with Gasteiger partial charge in [-0.05, 0) is 115 Å². The van der Waals surface area contributed by atoms with E-state index >= 15 is 0 Å². The molecule has 37 heteroatoms. The first-order chi connectivity index (χ1) is 50.4. The highest BCUT2D eigenvalue weighted by Crippen LogP contribution is 2.43. The summed E-state index contributed by atoms with van der Waals surface area (Å²) in [6.07, 6.45) is 21.4. The van der Waals surface area contributed by atoms with Crippen LogP contribution in [-0.2, 0) is 36.3 Å². The van der Waals surface area contributed by atoms with Crippen LogP contribution in [0.3, 0.4) is 0 Å². The van der Waals surface area contributed by atoms with Crippen molar-refractivity contribution in [3.63, 3.8) is 0 Å². The molecule has 3 saturated carbocycles. The molecule has 0 spiro atoms. The first kappa shape index (κ1) is 76.1. The minimum atomic E-state index is -3.76. The van der Waals surface area contributed by atoms with Gasteiger partial charge in [0.1, 0.15) is 23.5 Å². The molecule has 12 aromatic rings. The lowest BCUT2D eigenvalue weighted by atomic mass is 9.92. The number of nitrogens with one attached hydrogen (secondary N) is 8. The molecule has 554 valence electrons. The molecule has 0 aromatic carbocycles. The van der Waals surface area contributed by atoms with E-state index in [1.165, 1.54) is 98.6 Å². The van der Waals surface area contributed by atoms with Gasteiger partial charge in [0.15, 0.2) is 69.8 Å². The van der Waals surface area contributed by atoms with Gasteiger partial charge in [-0.1, -0.05) is 74.3 Å². The summed E-state index contributed by atoms with van der Waals surface area (Å²) < 4.78 is 45.9. The zero-order valence-corrected chi connectivity index (χ0v) is 65.0. The Balaban J connectivity index is 0.000000182. The number of hydrogen-bond acceptors (Lipinski definition) is 26. The number of halogens is 3. The number of thiophene rings is 4. The third kappa shape index (κ3) is 18.8. The van der Waals surface area contributed by atoms with Crippen LogP contribution in [0.5, 0.6) is 0 Å². The van der Waals surface area contributed by atoms with E-state index in [2.05, 4.69) is 141 Å². The fourth-order valence-electron chi connectivity index (χ4n) is 10.4. The number of aromatic amines is 4. The number of rotatable bonds is 19. The van der Waals surface area contributed by atoms with E-state index in [9.17, 15) is 27.4 Å². The number of anilines is 8. The molecule has 3 aliphatic carbocycles. The first-order valence-electron chi connectivity index (χ1n) is 32.9. The molecule has 12 heterocycles. The summed E-state index contributed by atoms with van der Waals surface area (Å²) in [5.74, 6) is 10.6. The van der Waals surface area contributed by atoms with Crippen LogP contribution in [0.15, 0.2) is 106 Å². The third-order valence-electron chi connectivity index (χ3n) is 16.8. The number of hydrogen-bond donors (Lipinski definition) is 10. The maximum absolute atomic E-state index is 11.5. The first-order valence-corrected chi connectivity index (χ1v) is 40.4. The standard InChI is InChI=1S/C20H18N6S.C18H17ClN6S.C16H17ClN6O2S2.C15H17ClN6O2S2.4H2/c1-4-12-10-22-19(15-7-8-16(27-15)20(2,3)11-21)24-18(12)23-17-9-14(25-26-17)13-5-6-13;1-18(2,9-20)14-6-5-13(26-14)17-21-8-11(19)16(23-17)22-15-7-12(24-25-15)10-3-4-10;17-10-8-19-16(12-5-6-14(26-12)27(18,24)25)21-15(10)20-13-7-11(22-23-13)9-3-1-2-4-9;1-15(2,3)10-6-11(22-21-10)19-13-8(16)7-18-14(20-13)9-4-5-12(25-9)26(17,23)24;;;;/h1,7-10,13H,5-6H2,2-3H3,(H2,22,23,24,25,26);5-8,10H,3-4H2,1-2H3,(H2,21,22,23,24,25);5-9H,1-4H2,(H2,18,24,25)(H2,19,20,21,22,23);4-7H,1-3H3,(H2,17,23,24)(H2,18,19,20,21,22);4*1H. The van der Waals surface area contributed by atoms with E-state index in [1.54, 1.807) is 24.5 Å². The minimum absolute atomic E-state index is 0. The zero-order chi connectivity index (χ0) is 75.5. The lowest BCUT2D eigenvalue weighted by molar-refractivity contribution is 0.567. The molecule has 0 unspecified atom stereocenters. The summed E-state index contributed by atoms with van der Waals surface area (Å²) in [5.41, 5.74) is 3.76. The molecule has 0 aliphatic heterocycles. The number of terminal acetylenes is 1.